The summed E-state index contributed by atoms with van der Waals surface area (Å²) in [5, 5.41) is 0. The number of hydrogen-bond acceptors (Lipinski definition) is 4. The van der Waals surface area contributed by atoms with Crippen molar-refractivity contribution in [3.05, 3.63) is 129 Å². The molecule has 12 aliphatic rings. The Balaban J connectivity index is 0.775. The third-order valence-corrected chi connectivity index (χ3v) is 20.2. The van der Waals surface area contributed by atoms with E-state index < -0.39 is 0 Å². The molecule has 4 heterocycles. The maximum absolute atomic E-state index is 5.54. The quantitative estimate of drug-likeness (QED) is 0.172. The fourth-order valence-electron chi connectivity index (χ4n) is 15.5. The number of rotatable bonds is 6. The third kappa shape index (κ3) is 4.75. The van der Waals surface area contributed by atoms with Gasteiger partial charge in [0, 0.05) is 35.6 Å². The van der Waals surface area contributed by atoms with Gasteiger partial charge in [0.15, 0.2) is 0 Å². The topological polar surface area (TPSA) is 51.6 Å². The molecule has 0 saturated heterocycles. The Morgan fingerprint density at radius 1 is 0.450 bits per heavy atom. The number of hydrogen-bond donors (Lipinski definition) is 0. The van der Waals surface area contributed by atoms with Crippen molar-refractivity contribution in [1.29, 1.82) is 0 Å². The molecule has 0 amide bonds. The van der Waals surface area contributed by atoms with E-state index in [1.807, 2.05) is 0 Å². The average Bonchev–Trinajstić information content (AvgIpc) is 3.25. The van der Waals surface area contributed by atoms with Crippen molar-refractivity contribution in [3.63, 3.8) is 0 Å². The predicted molar refractivity (Wildman–Crippen MR) is 240 cm³/mol. The molecule has 4 heteroatoms. The Kier molecular flexibility index (Phi) is 7.20. The Hall–Kier alpha value is -4.18. The molecule has 4 nitrogen and oxygen atoms in total. The van der Waals surface area contributed by atoms with Crippen molar-refractivity contribution in [2.24, 2.45) is 45.3 Å². The lowest BCUT2D eigenvalue weighted by Crippen LogP contribution is -2.51. The Morgan fingerprint density at radius 2 is 0.850 bits per heavy atom. The standard InChI is InChI=1S/C56H62N4/c1-53(2)33-19-31-21-49(57-27-39(31)41(53)23-33)47-15-13-35-43-25-45(55(43,5)6)37(51(35)59-47)17-29-9-11-30(12-10-29)18-38-46-26-44(56(46,7)8)36-14-16-48(60-52(36)38)50-22-32-20-34-24-42(54(34,3)4)40(32)28-58-50/h9-16,21-22,27-28,33-34,37-38,41-46H,17-20,23-26H2,1-8H3/t33-,34-,37-,38-,41-,42-,43-,44-,45+,46+/m1/s1. The van der Waals surface area contributed by atoms with Gasteiger partial charge in [-0.1, -0.05) is 91.8 Å². The largest absolute Gasteiger partial charge is 0.254 e. The van der Waals surface area contributed by atoms with Crippen molar-refractivity contribution in [3.8, 4) is 22.8 Å². The van der Waals surface area contributed by atoms with E-state index >= 15 is 0 Å². The van der Waals surface area contributed by atoms with Gasteiger partial charge in [-0.25, -0.2) is 0 Å². The lowest BCUT2D eigenvalue weighted by molar-refractivity contribution is -0.00768. The van der Waals surface area contributed by atoms with Crippen LogP contribution in [-0.4, -0.2) is 19.9 Å². The molecule has 0 spiro atoms. The fraction of sp³-hybridized carbons (Fsp3) is 0.536. The van der Waals surface area contributed by atoms with Crippen molar-refractivity contribution < 1.29 is 0 Å². The van der Waals surface area contributed by atoms with Gasteiger partial charge in [-0.3, -0.25) is 19.9 Å². The summed E-state index contributed by atoms with van der Waals surface area (Å²) in [6, 6.07) is 24.0. The Labute approximate surface area is 357 Å². The third-order valence-electron chi connectivity index (χ3n) is 20.2. The van der Waals surface area contributed by atoms with Crippen LogP contribution in [0.5, 0.6) is 0 Å². The molecule has 17 rings (SSSR count). The van der Waals surface area contributed by atoms with Crippen LogP contribution in [0.15, 0.2) is 73.1 Å². The molecule has 4 aromatic heterocycles. The first-order chi connectivity index (χ1) is 28.7. The van der Waals surface area contributed by atoms with Gasteiger partial charge in [0.05, 0.1) is 22.8 Å². The summed E-state index contributed by atoms with van der Waals surface area (Å²) in [6.45, 7) is 19.9. The van der Waals surface area contributed by atoms with Crippen molar-refractivity contribution in [2.45, 2.75) is 142 Å². The molecule has 4 fully saturated rings. The normalized spacial score (nSPS) is 33.9. The molecule has 0 unspecified atom stereocenters. The first-order valence-corrected chi connectivity index (χ1v) is 23.8. The maximum Gasteiger partial charge on any atom is 0.0889 e. The first-order valence-electron chi connectivity index (χ1n) is 23.8. The molecule has 10 atom stereocenters. The molecule has 1 aromatic carbocycles. The van der Waals surface area contributed by atoms with Crippen LogP contribution < -0.4 is 0 Å². The molecular weight excluding hydrogens is 729 g/mol. The van der Waals surface area contributed by atoms with Gasteiger partial charge in [0.25, 0.3) is 0 Å². The molecule has 5 aromatic rings. The summed E-state index contributed by atoms with van der Waals surface area (Å²) in [5.41, 5.74) is 20.2. The van der Waals surface area contributed by atoms with Gasteiger partial charge in [0.2, 0.25) is 0 Å². The highest BCUT2D eigenvalue weighted by molar-refractivity contribution is 5.61. The second kappa shape index (κ2) is 11.8. The maximum atomic E-state index is 5.54. The summed E-state index contributed by atoms with van der Waals surface area (Å²) in [7, 11) is 0. The minimum atomic E-state index is 0.304. The van der Waals surface area contributed by atoms with Crippen LogP contribution in [-0.2, 0) is 25.7 Å². The minimum Gasteiger partial charge on any atom is -0.254 e. The van der Waals surface area contributed by atoms with E-state index in [9.17, 15) is 0 Å². The molecule has 60 heavy (non-hydrogen) atoms. The molecule has 4 saturated carbocycles. The van der Waals surface area contributed by atoms with Crippen LogP contribution in [0.1, 0.15) is 172 Å². The monoisotopic (exact) mass is 790 g/mol. The highest BCUT2D eigenvalue weighted by atomic mass is 14.8. The van der Waals surface area contributed by atoms with Crippen LogP contribution in [0.2, 0.25) is 0 Å². The molecule has 0 aliphatic heterocycles. The van der Waals surface area contributed by atoms with Crippen molar-refractivity contribution in [2.75, 3.05) is 0 Å². The molecule has 306 valence electrons. The van der Waals surface area contributed by atoms with E-state index in [2.05, 4.69) is 128 Å². The highest BCUT2D eigenvalue weighted by Gasteiger charge is 2.59. The Morgan fingerprint density at radius 3 is 1.23 bits per heavy atom. The van der Waals surface area contributed by atoms with E-state index in [0.717, 1.165) is 47.5 Å². The molecule has 8 bridgehead atoms. The van der Waals surface area contributed by atoms with E-state index in [0.29, 0.717) is 69.0 Å². The summed E-state index contributed by atoms with van der Waals surface area (Å²) in [6.07, 6.45) is 14.1. The zero-order chi connectivity index (χ0) is 40.8. The summed E-state index contributed by atoms with van der Waals surface area (Å²) in [5.74, 6) is 6.28. The van der Waals surface area contributed by atoms with Gasteiger partial charge in [-0.15, -0.1) is 0 Å². The van der Waals surface area contributed by atoms with Crippen LogP contribution >= 0.6 is 0 Å². The minimum absolute atomic E-state index is 0.304. The SMILES string of the molecule is CC1(C)[C@@H]2Cc3cc(-c4ccc5c(n4)[C@H](Cc4ccc(C[C@H]6c7nc(-c8cc9c(cn8)[C@H]8C[C@@H](C9)C8(C)C)ccc7[C@H]7C[C@@H]6C7(C)C)cc4)[C@@H]4C[C@H]5C4(C)C)ncc3[C@H]1C2. The van der Waals surface area contributed by atoms with Gasteiger partial charge in [0.1, 0.15) is 0 Å². The Bertz CT molecular complexity index is 2460. The van der Waals surface area contributed by atoms with Gasteiger partial charge in [-0.05, 0) is 189 Å². The molecule has 0 N–H and O–H groups in total. The average molecular weight is 791 g/mol. The number of pyridine rings is 4. The zero-order valence-electron chi connectivity index (χ0n) is 37.1. The second-order valence-electron chi connectivity index (χ2n) is 23.8. The number of nitrogens with zero attached hydrogens (tertiary/aromatic N) is 4. The molecule has 0 radical (unpaired) electrons. The summed E-state index contributed by atoms with van der Waals surface area (Å²) < 4.78 is 0. The van der Waals surface area contributed by atoms with Gasteiger partial charge in [-0.2, -0.15) is 0 Å². The van der Waals surface area contributed by atoms with E-state index in [1.165, 1.54) is 94.4 Å². The number of benzene rings is 1. The van der Waals surface area contributed by atoms with Crippen LogP contribution in [0.25, 0.3) is 22.8 Å². The fourth-order valence-corrected chi connectivity index (χ4v) is 15.5. The molecule has 12 aliphatic carbocycles. The predicted octanol–water partition coefficient (Wildman–Crippen LogP) is 12.9. The second-order valence-corrected chi connectivity index (χ2v) is 23.8. The van der Waals surface area contributed by atoms with Crippen LogP contribution in [0.4, 0.5) is 0 Å². The lowest BCUT2D eigenvalue weighted by atomic mass is 9.44. The van der Waals surface area contributed by atoms with E-state index in [1.54, 1.807) is 0 Å². The first kappa shape index (κ1) is 36.5. The van der Waals surface area contributed by atoms with Gasteiger partial charge >= 0.3 is 0 Å². The van der Waals surface area contributed by atoms with Gasteiger partial charge < -0.3 is 0 Å². The lowest BCUT2D eigenvalue weighted by Gasteiger charge is -2.60. The van der Waals surface area contributed by atoms with Crippen LogP contribution in [0.3, 0.4) is 0 Å². The number of aromatic nitrogens is 4. The van der Waals surface area contributed by atoms with E-state index in [4.69, 9.17) is 19.9 Å². The summed E-state index contributed by atoms with van der Waals surface area (Å²) >= 11 is 0. The highest BCUT2D eigenvalue weighted by Crippen LogP contribution is 2.69. The zero-order valence-corrected chi connectivity index (χ0v) is 37.1. The summed E-state index contributed by atoms with van der Waals surface area (Å²) in [4.78, 5) is 21.3. The van der Waals surface area contributed by atoms with Crippen LogP contribution in [0, 0.1) is 45.3 Å². The van der Waals surface area contributed by atoms with Crippen molar-refractivity contribution >= 4 is 0 Å². The van der Waals surface area contributed by atoms with E-state index in [-0.39, 0.29) is 0 Å². The van der Waals surface area contributed by atoms with Crippen molar-refractivity contribution in [1.82, 2.24) is 19.9 Å². The molecular formula is C56H62N4. The smallest absolute Gasteiger partial charge is 0.0889 e.